The Morgan fingerprint density at radius 2 is 2.00 bits per heavy atom. The second kappa shape index (κ2) is 6.10. The maximum atomic E-state index is 12.5. The molecule has 2 aliphatic rings. The van der Waals surface area contributed by atoms with E-state index in [0.717, 1.165) is 25.0 Å². The smallest absolute Gasteiger partial charge is 0.256 e. The van der Waals surface area contributed by atoms with Crippen molar-refractivity contribution in [3.05, 3.63) is 46.3 Å². The second-order valence-corrected chi connectivity index (χ2v) is 8.36. The third-order valence-corrected chi connectivity index (χ3v) is 6.10. The molecule has 6 nitrogen and oxygen atoms in total. The Kier molecular flexibility index (Phi) is 4.00. The van der Waals surface area contributed by atoms with Crippen LogP contribution in [0.2, 0.25) is 0 Å². The van der Waals surface area contributed by atoms with Crippen LogP contribution >= 0.6 is 0 Å². The maximum absolute atomic E-state index is 12.5. The molecule has 0 saturated heterocycles. The third kappa shape index (κ3) is 2.77. The van der Waals surface area contributed by atoms with Crippen LogP contribution in [-0.4, -0.2) is 19.3 Å². The van der Waals surface area contributed by atoms with Crippen molar-refractivity contribution >= 4 is 33.3 Å². The van der Waals surface area contributed by atoms with Gasteiger partial charge in [-0.05, 0) is 67.5 Å². The SMILES string of the molecule is CCc1c(C=C2C(=O)Nc3ccc(S(N)(=O)=O)cc32)[nH]c2c1CCCC2. The molecular weight excluding hydrogens is 350 g/mol. The molecule has 2 heterocycles. The lowest BCUT2D eigenvalue weighted by atomic mass is 9.93. The Labute approximate surface area is 152 Å². The van der Waals surface area contributed by atoms with Crippen molar-refractivity contribution in [1.82, 2.24) is 4.98 Å². The number of fused-ring (bicyclic) bond motifs is 2. The molecular formula is C19H21N3O3S. The first kappa shape index (κ1) is 17.1. The average Bonchev–Trinajstić information content (AvgIpc) is 3.11. The van der Waals surface area contributed by atoms with E-state index < -0.39 is 10.0 Å². The van der Waals surface area contributed by atoms with Crippen LogP contribution in [0.1, 0.15) is 47.8 Å². The number of benzene rings is 1. The number of anilines is 1. The molecule has 0 fully saturated rings. The number of sulfonamides is 1. The highest BCUT2D eigenvalue weighted by molar-refractivity contribution is 7.89. The lowest BCUT2D eigenvalue weighted by Gasteiger charge is -2.11. The number of H-pyrrole nitrogens is 1. The molecule has 7 heteroatoms. The molecule has 136 valence electrons. The Hall–Kier alpha value is -2.38. The van der Waals surface area contributed by atoms with E-state index >= 15 is 0 Å². The lowest BCUT2D eigenvalue weighted by molar-refractivity contribution is -0.110. The summed E-state index contributed by atoms with van der Waals surface area (Å²) in [5.74, 6) is -0.235. The van der Waals surface area contributed by atoms with Gasteiger partial charge in [-0.15, -0.1) is 0 Å². The summed E-state index contributed by atoms with van der Waals surface area (Å²) in [5, 5.41) is 8.03. The number of aromatic amines is 1. The fraction of sp³-hybridized carbons (Fsp3) is 0.316. The maximum Gasteiger partial charge on any atom is 0.256 e. The van der Waals surface area contributed by atoms with Gasteiger partial charge >= 0.3 is 0 Å². The Morgan fingerprint density at radius 1 is 1.23 bits per heavy atom. The van der Waals surface area contributed by atoms with Crippen molar-refractivity contribution in [2.45, 2.75) is 43.9 Å². The highest BCUT2D eigenvalue weighted by Gasteiger charge is 2.27. The van der Waals surface area contributed by atoms with Crippen molar-refractivity contribution in [1.29, 1.82) is 0 Å². The van der Waals surface area contributed by atoms with Gasteiger partial charge in [-0.25, -0.2) is 13.6 Å². The van der Waals surface area contributed by atoms with E-state index in [9.17, 15) is 13.2 Å². The fourth-order valence-corrected chi connectivity index (χ4v) is 4.48. The molecule has 1 aromatic heterocycles. The molecule has 0 saturated carbocycles. The zero-order chi connectivity index (χ0) is 18.5. The van der Waals surface area contributed by atoms with Crippen molar-refractivity contribution in [2.75, 3.05) is 5.32 Å². The minimum Gasteiger partial charge on any atom is -0.358 e. The van der Waals surface area contributed by atoms with E-state index in [0.29, 0.717) is 16.8 Å². The summed E-state index contributed by atoms with van der Waals surface area (Å²) in [7, 11) is -3.83. The van der Waals surface area contributed by atoms with Crippen LogP contribution in [0.5, 0.6) is 0 Å². The summed E-state index contributed by atoms with van der Waals surface area (Å²) in [5.41, 5.74) is 6.45. The number of aryl methyl sites for hydroxylation is 1. The molecule has 0 unspecified atom stereocenters. The average molecular weight is 371 g/mol. The first-order chi connectivity index (χ1) is 12.4. The van der Waals surface area contributed by atoms with Gasteiger partial charge in [0.25, 0.3) is 5.91 Å². The van der Waals surface area contributed by atoms with Crippen LogP contribution in [0.15, 0.2) is 23.1 Å². The Morgan fingerprint density at radius 3 is 2.73 bits per heavy atom. The number of nitrogens with one attached hydrogen (secondary N) is 2. The van der Waals surface area contributed by atoms with Gasteiger partial charge in [0.15, 0.2) is 0 Å². The second-order valence-electron chi connectivity index (χ2n) is 6.80. The number of rotatable bonds is 3. The van der Waals surface area contributed by atoms with E-state index in [1.165, 1.54) is 41.8 Å². The predicted octanol–water partition coefficient (Wildman–Crippen LogP) is 2.60. The molecule has 4 N–H and O–H groups in total. The van der Waals surface area contributed by atoms with Crippen molar-refractivity contribution in [2.24, 2.45) is 5.14 Å². The fourth-order valence-electron chi connectivity index (χ4n) is 3.94. The number of amides is 1. The molecule has 1 aliphatic carbocycles. The number of aromatic nitrogens is 1. The van der Waals surface area contributed by atoms with Crippen molar-refractivity contribution < 1.29 is 13.2 Å². The molecule has 26 heavy (non-hydrogen) atoms. The Bertz CT molecular complexity index is 1050. The van der Waals surface area contributed by atoms with E-state index in [2.05, 4.69) is 17.2 Å². The van der Waals surface area contributed by atoms with Crippen molar-refractivity contribution in [3.63, 3.8) is 0 Å². The van der Waals surface area contributed by atoms with Crippen LogP contribution in [-0.2, 0) is 34.1 Å². The Balaban J connectivity index is 1.85. The van der Waals surface area contributed by atoms with E-state index in [1.54, 1.807) is 6.07 Å². The highest BCUT2D eigenvalue weighted by atomic mass is 32.2. The minimum absolute atomic E-state index is 0.000134. The molecule has 0 atom stereocenters. The van der Waals surface area contributed by atoms with Gasteiger partial charge < -0.3 is 10.3 Å². The van der Waals surface area contributed by atoms with Gasteiger partial charge in [0.1, 0.15) is 0 Å². The number of hydrogen-bond donors (Lipinski definition) is 3. The van der Waals surface area contributed by atoms with E-state index in [4.69, 9.17) is 5.14 Å². The zero-order valence-corrected chi connectivity index (χ0v) is 15.4. The molecule has 2 aromatic rings. The number of carbonyl (C=O) groups is 1. The predicted molar refractivity (Wildman–Crippen MR) is 101 cm³/mol. The minimum atomic E-state index is -3.83. The van der Waals surface area contributed by atoms with Crippen molar-refractivity contribution in [3.8, 4) is 0 Å². The number of primary sulfonamides is 1. The third-order valence-electron chi connectivity index (χ3n) is 5.19. The first-order valence-corrected chi connectivity index (χ1v) is 10.4. The normalized spacial score (nSPS) is 17.9. The molecule has 0 radical (unpaired) electrons. The van der Waals surface area contributed by atoms with Crippen LogP contribution in [0.3, 0.4) is 0 Å². The largest absolute Gasteiger partial charge is 0.358 e. The molecule has 0 spiro atoms. The van der Waals surface area contributed by atoms with Gasteiger partial charge in [0, 0.05) is 22.6 Å². The van der Waals surface area contributed by atoms with Gasteiger partial charge in [0.05, 0.1) is 10.5 Å². The van der Waals surface area contributed by atoms with Crippen LogP contribution in [0.4, 0.5) is 5.69 Å². The molecule has 0 bridgehead atoms. The monoisotopic (exact) mass is 371 g/mol. The molecule has 1 aromatic carbocycles. The molecule has 1 aliphatic heterocycles. The first-order valence-electron chi connectivity index (χ1n) is 8.81. The van der Waals surface area contributed by atoms with Gasteiger partial charge in [-0.2, -0.15) is 0 Å². The topological polar surface area (TPSA) is 105 Å². The van der Waals surface area contributed by atoms with E-state index in [-0.39, 0.29) is 10.8 Å². The van der Waals surface area contributed by atoms with Gasteiger partial charge in [-0.3, -0.25) is 4.79 Å². The summed E-state index contributed by atoms with van der Waals surface area (Å²) in [4.78, 5) is 15.9. The standard InChI is InChI=1S/C19H21N3O3S/c1-2-12-13-5-3-4-6-16(13)21-18(12)10-15-14-9-11(26(20,24)25)7-8-17(14)22-19(15)23/h7-10,21H,2-6H2,1H3,(H,22,23)(H2,20,24,25). The van der Waals surface area contributed by atoms with Crippen LogP contribution < -0.4 is 10.5 Å². The van der Waals surface area contributed by atoms with Gasteiger partial charge in [-0.1, -0.05) is 6.92 Å². The number of hydrogen-bond acceptors (Lipinski definition) is 3. The zero-order valence-electron chi connectivity index (χ0n) is 14.6. The van der Waals surface area contributed by atoms with Crippen LogP contribution in [0.25, 0.3) is 11.6 Å². The summed E-state index contributed by atoms with van der Waals surface area (Å²) in [6.45, 7) is 2.11. The molecule has 4 rings (SSSR count). The van der Waals surface area contributed by atoms with E-state index in [1.807, 2.05) is 6.08 Å². The quantitative estimate of drug-likeness (QED) is 0.722. The number of carbonyl (C=O) groups excluding carboxylic acids is 1. The van der Waals surface area contributed by atoms with Crippen LogP contribution in [0, 0.1) is 0 Å². The molecule has 1 amide bonds. The summed E-state index contributed by atoms with van der Waals surface area (Å²) < 4.78 is 23.3. The number of nitrogens with two attached hydrogens (primary N) is 1. The summed E-state index contributed by atoms with van der Waals surface area (Å²) in [6, 6.07) is 4.44. The summed E-state index contributed by atoms with van der Waals surface area (Å²) >= 11 is 0. The highest BCUT2D eigenvalue weighted by Crippen LogP contribution is 2.36. The lowest BCUT2D eigenvalue weighted by Crippen LogP contribution is -2.12. The van der Waals surface area contributed by atoms with Gasteiger partial charge in [0.2, 0.25) is 10.0 Å². The summed E-state index contributed by atoms with van der Waals surface area (Å²) in [6.07, 6.45) is 7.19.